The predicted molar refractivity (Wildman–Crippen MR) is 111 cm³/mol. The Kier molecular flexibility index (Phi) is 7.26. The van der Waals surface area contributed by atoms with E-state index in [4.69, 9.17) is 4.74 Å². The number of cyclic esters (lactones) is 1. The van der Waals surface area contributed by atoms with Crippen LogP contribution in [-0.2, 0) is 9.53 Å². The Morgan fingerprint density at radius 2 is 2.00 bits per heavy atom. The number of carbonyl (C=O) groups is 2. The molecule has 1 atom stereocenters. The standard InChI is InChI=1S/C20H29N3O3S/c1-2-3-5-19(24)21-14-18-15-23(20(25)26-18)17-8-6-16(7-9-17)22-10-4-12-27-13-11-22/h6-9,18H,2-5,10-15H2,1H3,(H,21,24). The van der Waals surface area contributed by atoms with Crippen molar-refractivity contribution in [2.24, 2.45) is 0 Å². The van der Waals surface area contributed by atoms with Crippen LogP contribution in [0.1, 0.15) is 32.6 Å². The summed E-state index contributed by atoms with van der Waals surface area (Å²) in [6, 6.07) is 8.13. The zero-order valence-corrected chi connectivity index (χ0v) is 16.8. The number of hydrogen-bond acceptors (Lipinski definition) is 5. The second kappa shape index (κ2) is 9.88. The van der Waals surface area contributed by atoms with Gasteiger partial charge in [-0.15, -0.1) is 0 Å². The van der Waals surface area contributed by atoms with Crippen molar-refractivity contribution in [3.8, 4) is 0 Å². The SMILES string of the molecule is CCCCC(=O)NCC1CN(c2ccc(N3CCCSCC3)cc2)C(=O)O1. The van der Waals surface area contributed by atoms with E-state index in [0.717, 1.165) is 37.4 Å². The van der Waals surface area contributed by atoms with Crippen molar-refractivity contribution in [3.05, 3.63) is 24.3 Å². The smallest absolute Gasteiger partial charge is 0.414 e. The molecule has 2 heterocycles. The van der Waals surface area contributed by atoms with Crippen molar-refractivity contribution in [2.75, 3.05) is 47.5 Å². The molecule has 0 radical (unpaired) electrons. The molecular formula is C20H29N3O3S. The lowest BCUT2D eigenvalue weighted by Crippen LogP contribution is -2.34. The zero-order valence-electron chi connectivity index (χ0n) is 16.0. The summed E-state index contributed by atoms with van der Waals surface area (Å²) in [5.74, 6) is 2.41. The van der Waals surface area contributed by atoms with E-state index in [1.807, 2.05) is 23.9 Å². The minimum absolute atomic E-state index is 0.0197. The highest BCUT2D eigenvalue weighted by molar-refractivity contribution is 7.99. The lowest BCUT2D eigenvalue weighted by molar-refractivity contribution is -0.121. The summed E-state index contributed by atoms with van der Waals surface area (Å²) in [6.07, 6.45) is 2.96. The lowest BCUT2D eigenvalue weighted by atomic mass is 10.2. The fraction of sp³-hybridized carbons (Fsp3) is 0.600. The van der Waals surface area contributed by atoms with Crippen LogP contribution in [0.4, 0.5) is 16.2 Å². The maximum Gasteiger partial charge on any atom is 0.414 e. The summed E-state index contributed by atoms with van der Waals surface area (Å²) >= 11 is 2.01. The van der Waals surface area contributed by atoms with Crippen LogP contribution in [0, 0.1) is 0 Å². The first-order valence-corrected chi connectivity index (χ1v) is 11.0. The molecule has 1 N–H and O–H groups in total. The van der Waals surface area contributed by atoms with Gasteiger partial charge in [0.15, 0.2) is 0 Å². The number of thioether (sulfide) groups is 1. The van der Waals surface area contributed by atoms with E-state index in [9.17, 15) is 9.59 Å². The van der Waals surface area contributed by atoms with Gasteiger partial charge in [-0.25, -0.2) is 4.79 Å². The van der Waals surface area contributed by atoms with E-state index in [2.05, 4.69) is 29.3 Å². The molecule has 3 rings (SSSR count). The number of ether oxygens (including phenoxy) is 1. The van der Waals surface area contributed by atoms with Crippen molar-refractivity contribution < 1.29 is 14.3 Å². The molecular weight excluding hydrogens is 362 g/mol. The number of unbranched alkanes of at least 4 members (excludes halogenated alkanes) is 1. The molecule has 6 nitrogen and oxygen atoms in total. The molecule has 1 aromatic carbocycles. The van der Waals surface area contributed by atoms with Gasteiger partial charge >= 0.3 is 6.09 Å². The molecule has 2 aliphatic rings. The number of hydrogen-bond donors (Lipinski definition) is 1. The molecule has 0 spiro atoms. The zero-order chi connectivity index (χ0) is 19.1. The third-order valence-corrected chi connectivity index (χ3v) is 5.96. The highest BCUT2D eigenvalue weighted by Crippen LogP contribution is 2.26. The van der Waals surface area contributed by atoms with E-state index in [1.165, 1.54) is 17.9 Å². The molecule has 2 aliphatic heterocycles. The topological polar surface area (TPSA) is 61.9 Å². The first kappa shape index (κ1) is 19.9. The predicted octanol–water partition coefficient (Wildman–Crippen LogP) is 3.26. The van der Waals surface area contributed by atoms with Crippen molar-refractivity contribution in [3.63, 3.8) is 0 Å². The van der Waals surface area contributed by atoms with E-state index < -0.39 is 0 Å². The molecule has 2 amide bonds. The summed E-state index contributed by atoms with van der Waals surface area (Å²) in [6.45, 7) is 5.04. The Morgan fingerprint density at radius 3 is 2.78 bits per heavy atom. The Morgan fingerprint density at radius 1 is 1.22 bits per heavy atom. The van der Waals surface area contributed by atoms with Crippen molar-refractivity contribution in [1.29, 1.82) is 0 Å². The van der Waals surface area contributed by atoms with Crippen LogP contribution in [0.15, 0.2) is 24.3 Å². The monoisotopic (exact) mass is 391 g/mol. The molecule has 2 fully saturated rings. The Bertz CT molecular complexity index is 630. The summed E-state index contributed by atoms with van der Waals surface area (Å²) in [5, 5.41) is 2.86. The number of amides is 2. The van der Waals surface area contributed by atoms with Gasteiger partial charge in [0.05, 0.1) is 13.1 Å². The first-order valence-electron chi connectivity index (χ1n) is 9.85. The van der Waals surface area contributed by atoms with Gasteiger partial charge in [0.2, 0.25) is 5.91 Å². The summed E-state index contributed by atoms with van der Waals surface area (Å²) in [7, 11) is 0. The second-order valence-corrected chi connectivity index (χ2v) is 8.22. The minimum Gasteiger partial charge on any atom is -0.442 e. The third-order valence-electron chi connectivity index (χ3n) is 4.91. The second-order valence-electron chi connectivity index (χ2n) is 6.99. The fourth-order valence-corrected chi connectivity index (χ4v) is 4.23. The van der Waals surface area contributed by atoms with E-state index >= 15 is 0 Å². The normalized spacial score (nSPS) is 20.3. The summed E-state index contributed by atoms with van der Waals surface area (Å²) < 4.78 is 5.41. The molecule has 0 saturated carbocycles. The average molecular weight is 392 g/mol. The fourth-order valence-electron chi connectivity index (χ4n) is 3.34. The van der Waals surface area contributed by atoms with Gasteiger partial charge in [-0.3, -0.25) is 9.69 Å². The largest absolute Gasteiger partial charge is 0.442 e. The van der Waals surface area contributed by atoms with Crippen LogP contribution in [-0.4, -0.2) is 55.8 Å². The highest BCUT2D eigenvalue weighted by Gasteiger charge is 2.32. The van der Waals surface area contributed by atoms with Crippen LogP contribution in [0.5, 0.6) is 0 Å². The molecule has 1 unspecified atom stereocenters. The van der Waals surface area contributed by atoms with Crippen LogP contribution >= 0.6 is 11.8 Å². The van der Waals surface area contributed by atoms with Gasteiger partial charge < -0.3 is 15.0 Å². The van der Waals surface area contributed by atoms with Gasteiger partial charge in [0, 0.05) is 36.6 Å². The van der Waals surface area contributed by atoms with Crippen LogP contribution < -0.4 is 15.1 Å². The van der Waals surface area contributed by atoms with Gasteiger partial charge in [0.1, 0.15) is 6.10 Å². The number of rotatable bonds is 7. The quantitative estimate of drug-likeness (QED) is 0.773. The molecule has 148 valence electrons. The average Bonchev–Trinajstić information content (AvgIpc) is 2.88. The number of anilines is 2. The maximum atomic E-state index is 12.2. The number of nitrogens with one attached hydrogen (secondary N) is 1. The van der Waals surface area contributed by atoms with Gasteiger partial charge in [-0.2, -0.15) is 11.8 Å². The summed E-state index contributed by atoms with van der Waals surface area (Å²) in [5.41, 5.74) is 2.04. The molecule has 0 bridgehead atoms. The number of benzene rings is 1. The van der Waals surface area contributed by atoms with Crippen molar-refractivity contribution in [1.82, 2.24) is 5.32 Å². The third kappa shape index (κ3) is 5.54. The van der Waals surface area contributed by atoms with E-state index in [0.29, 0.717) is 19.5 Å². The lowest BCUT2D eigenvalue weighted by Gasteiger charge is -2.23. The van der Waals surface area contributed by atoms with E-state index in [-0.39, 0.29) is 18.1 Å². The molecule has 1 aromatic rings. The van der Waals surface area contributed by atoms with Crippen molar-refractivity contribution >= 4 is 35.1 Å². The number of carbonyl (C=O) groups excluding carboxylic acids is 2. The Hall–Kier alpha value is -1.89. The van der Waals surface area contributed by atoms with Gasteiger partial charge in [-0.05, 0) is 42.9 Å². The number of nitrogens with zero attached hydrogens (tertiary/aromatic N) is 2. The Labute approximate surface area is 165 Å². The van der Waals surface area contributed by atoms with Crippen molar-refractivity contribution in [2.45, 2.75) is 38.7 Å². The van der Waals surface area contributed by atoms with Gasteiger partial charge in [0.25, 0.3) is 0 Å². The molecule has 0 aromatic heterocycles. The van der Waals surface area contributed by atoms with Crippen LogP contribution in [0.25, 0.3) is 0 Å². The maximum absolute atomic E-state index is 12.2. The van der Waals surface area contributed by atoms with Gasteiger partial charge in [-0.1, -0.05) is 13.3 Å². The molecule has 0 aliphatic carbocycles. The molecule has 2 saturated heterocycles. The van der Waals surface area contributed by atoms with Crippen LogP contribution in [0.3, 0.4) is 0 Å². The first-order chi connectivity index (χ1) is 13.2. The summed E-state index contributed by atoms with van der Waals surface area (Å²) in [4.78, 5) is 28.0. The molecule has 27 heavy (non-hydrogen) atoms. The Balaban J connectivity index is 1.53. The van der Waals surface area contributed by atoms with Crippen LogP contribution in [0.2, 0.25) is 0 Å². The highest BCUT2D eigenvalue weighted by atomic mass is 32.2. The molecule has 7 heteroatoms. The minimum atomic E-state index is -0.346. The van der Waals surface area contributed by atoms with E-state index in [1.54, 1.807) is 4.90 Å².